The molecule has 3 aromatic heterocycles. The average molecular weight is 543 g/mol. The van der Waals surface area contributed by atoms with Crippen molar-refractivity contribution in [2.75, 3.05) is 0 Å². The first-order valence-electron chi connectivity index (χ1n) is 14.3. The molecule has 35 heavy (non-hydrogen) atoms. The molecular weight excluding hydrogens is 497 g/mol. The monoisotopic (exact) mass is 542 g/mol. The van der Waals surface area contributed by atoms with Gasteiger partial charge in [-0.2, -0.15) is 0 Å². The van der Waals surface area contributed by atoms with Gasteiger partial charge in [-0.3, -0.25) is 0 Å². The summed E-state index contributed by atoms with van der Waals surface area (Å²) < 4.78 is 1.73. The number of fused-ring (bicyclic) bond motifs is 3. The highest BCUT2D eigenvalue weighted by Gasteiger charge is 2.51. The Hall–Kier alpha value is -0.683. The van der Waals surface area contributed by atoms with Gasteiger partial charge in [0.15, 0.2) is 8.07 Å². The SMILES string of the molecule is CCCCCCCCC(CCCCCC)C[Si]1(c2ccc(C)s2)c2cc(C)sc2-c2sc(C)cc21. The van der Waals surface area contributed by atoms with E-state index in [0.29, 0.717) is 0 Å². The molecule has 0 radical (unpaired) electrons. The molecule has 0 nitrogen and oxygen atoms in total. The van der Waals surface area contributed by atoms with E-state index < -0.39 is 8.07 Å². The van der Waals surface area contributed by atoms with E-state index >= 15 is 0 Å². The summed E-state index contributed by atoms with van der Waals surface area (Å²) in [5.74, 6) is 0.867. The highest BCUT2D eigenvalue weighted by Crippen LogP contribution is 2.42. The van der Waals surface area contributed by atoms with Gasteiger partial charge < -0.3 is 0 Å². The second-order valence-electron chi connectivity index (χ2n) is 11.0. The lowest BCUT2D eigenvalue weighted by Gasteiger charge is -2.32. The summed E-state index contributed by atoms with van der Waals surface area (Å²) in [7, 11) is -1.96. The fourth-order valence-corrected chi connectivity index (χ4v) is 17.7. The van der Waals surface area contributed by atoms with E-state index in [4.69, 9.17) is 0 Å². The van der Waals surface area contributed by atoms with E-state index in [9.17, 15) is 0 Å². The Morgan fingerprint density at radius 2 is 1.14 bits per heavy atom. The summed E-state index contributed by atoms with van der Waals surface area (Å²) in [6, 6.07) is 11.6. The number of hydrogen-bond acceptors (Lipinski definition) is 3. The molecule has 3 aromatic rings. The molecular formula is C31H46S3Si. The Bertz CT molecular complexity index is 1020. The van der Waals surface area contributed by atoms with Crippen LogP contribution in [0.3, 0.4) is 0 Å². The molecule has 0 saturated heterocycles. The summed E-state index contributed by atoms with van der Waals surface area (Å²) in [6.07, 6.45) is 16.9. The molecule has 0 spiro atoms. The normalized spacial score (nSPS) is 14.9. The lowest BCUT2D eigenvalue weighted by Crippen LogP contribution is -2.64. The van der Waals surface area contributed by atoms with Gasteiger partial charge >= 0.3 is 0 Å². The first kappa shape index (κ1) is 27.4. The summed E-state index contributed by atoms with van der Waals surface area (Å²) >= 11 is 6.25. The van der Waals surface area contributed by atoms with Crippen molar-refractivity contribution in [1.82, 2.24) is 0 Å². The van der Waals surface area contributed by atoms with Gasteiger partial charge in [-0.1, -0.05) is 97.0 Å². The number of thiophene rings is 3. The van der Waals surface area contributed by atoms with Crippen LogP contribution in [0.15, 0.2) is 24.3 Å². The number of hydrogen-bond donors (Lipinski definition) is 0. The Kier molecular flexibility index (Phi) is 9.94. The molecule has 0 fully saturated rings. The van der Waals surface area contributed by atoms with Gasteiger partial charge in [0, 0.05) is 28.9 Å². The van der Waals surface area contributed by atoms with Gasteiger partial charge in [0.25, 0.3) is 0 Å². The van der Waals surface area contributed by atoms with Crippen molar-refractivity contribution < 1.29 is 0 Å². The van der Waals surface area contributed by atoms with Crippen LogP contribution in [0.5, 0.6) is 0 Å². The van der Waals surface area contributed by atoms with Crippen LogP contribution in [0.25, 0.3) is 9.75 Å². The van der Waals surface area contributed by atoms with E-state index in [1.54, 1.807) is 24.6 Å². The molecule has 0 amide bonds. The predicted molar refractivity (Wildman–Crippen MR) is 166 cm³/mol. The van der Waals surface area contributed by atoms with Crippen molar-refractivity contribution in [2.45, 2.75) is 118 Å². The average Bonchev–Trinajstić information content (AvgIpc) is 3.58. The zero-order chi connectivity index (χ0) is 24.8. The third kappa shape index (κ3) is 6.08. The quantitative estimate of drug-likeness (QED) is 0.132. The smallest absolute Gasteiger partial charge is 0.149 e. The van der Waals surface area contributed by atoms with Gasteiger partial charge in [-0.05, 0) is 61.3 Å². The summed E-state index contributed by atoms with van der Waals surface area (Å²) in [5.41, 5.74) is 0. The van der Waals surface area contributed by atoms with Crippen LogP contribution >= 0.6 is 34.0 Å². The van der Waals surface area contributed by atoms with Crippen LogP contribution in [0.2, 0.25) is 6.04 Å². The van der Waals surface area contributed by atoms with E-state index in [2.05, 4.69) is 92.9 Å². The van der Waals surface area contributed by atoms with E-state index in [1.165, 1.54) is 97.7 Å². The summed E-state index contributed by atoms with van der Waals surface area (Å²) in [6.45, 7) is 11.6. The predicted octanol–water partition coefficient (Wildman–Crippen LogP) is 9.58. The molecule has 1 aliphatic heterocycles. The highest BCUT2D eigenvalue weighted by molar-refractivity contribution is 7.38. The van der Waals surface area contributed by atoms with Crippen LogP contribution in [0.1, 0.15) is 106 Å². The summed E-state index contributed by atoms with van der Waals surface area (Å²) in [5, 5.41) is 3.54. The largest absolute Gasteiger partial charge is 0.164 e. The maximum Gasteiger partial charge on any atom is 0.164 e. The summed E-state index contributed by atoms with van der Waals surface area (Å²) in [4.78, 5) is 7.77. The highest BCUT2D eigenvalue weighted by atomic mass is 32.1. The molecule has 4 rings (SSSR count). The standard InChI is InChI=1S/C31H46S3Si/c1-6-8-10-12-13-15-17-26(16-14-11-9-7-2)22-35(29-19-18-23(3)32-29)27-20-24(4)33-30(27)31-28(35)21-25(5)34-31/h18-21,26H,6-17,22H2,1-5H3. The molecule has 1 aliphatic rings. The van der Waals surface area contributed by atoms with E-state index in [-0.39, 0.29) is 0 Å². The van der Waals surface area contributed by atoms with Crippen molar-refractivity contribution in [3.8, 4) is 9.75 Å². The topological polar surface area (TPSA) is 0 Å². The lowest BCUT2D eigenvalue weighted by molar-refractivity contribution is 0.431. The fraction of sp³-hybridized carbons (Fsp3) is 0.613. The maximum absolute atomic E-state index is 2.61. The van der Waals surface area contributed by atoms with E-state index in [0.717, 1.165) is 5.92 Å². The number of unbranched alkanes of at least 4 members (excludes halogenated alkanes) is 8. The Morgan fingerprint density at radius 1 is 0.629 bits per heavy atom. The van der Waals surface area contributed by atoms with Gasteiger partial charge in [-0.25, -0.2) is 0 Å². The minimum atomic E-state index is -1.96. The molecule has 1 unspecified atom stereocenters. The van der Waals surface area contributed by atoms with Crippen molar-refractivity contribution in [3.63, 3.8) is 0 Å². The van der Waals surface area contributed by atoms with Crippen molar-refractivity contribution in [1.29, 1.82) is 0 Å². The number of rotatable bonds is 15. The van der Waals surface area contributed by atoms with Gasteiger partial charge in [0.2, 0.25) is 0 Å². The van der Waals surface area contributed by atoms with Crippen LogP contribution in [0.4, 0.5) is 0 Å². The minimum absolute atomic E-state index is 0.867. The minimum Gasteiger partial charge on any atom is -0.149 e. The molecule has 0 bridgehead atoms. The molecule has 192 valence electrons. The molecule has 4 heterocycles. The van der Waals surface area contributed by atoms with E-state index in [1.807, 2.05) is 0 Å². The van der Waals surface area contributed by atoms with Gasteiger partial charge in [-0.15, -0.1) is 34.0 Å². The van der Waals surface area contributed by atoms with Crippen molar-refractivity contribution in [2.24, 2.45) is 5.92 Å². The second-order valence-corrected chi connectivity index (χ2v) is 19.0. The van der Waals surface area contributed by atoms with Gasteiger partial charge in [0.05, 0.1) is 0 Å². The first-order chi connectivity index (χ1) is 17.0. The Balaban J connectivity index is 1.66. The van der Waals surface area contributed by atoms with Crippen molar-refractivity contribution in [3.05, 3.63) is 38.9 Å². The van der Waals surface area contributed by atoms with Crippen molar-refractivity contribution >= 4 is 57.0 Å². The third-order valence-electron chi connectivity index (χ3n) is 8.02. The molecule has 0 aliphatic carbocycles. The lowest BCUT2D eigenvalue weighted by atomic mass is 9.96. The first-order valence-corrected chi connectivity index (χ1v) is 18.9. The van der Waals surface area contributed by atoms with Crippen LogP contribution in [0, 0.1) is 26.7 Å². The molecule has 0 saturated carbocycles. The molecule has 0 N–H and O–H groups in total. The van der Waals surface area contributed by atoms with Crippen LogP contribution in [-0.2, 0) is 0 Å². The third-order valence-corrected chi connectivity index (χ3v) is 17.6. The zero-order valence-electron chi connectivity index (χ0n) is 22.8. The second kappa shape index (κ2) is 12.7. The number of aryl methyl sites for hydroxylation is 3. The fourth-order valence-electron chi connectivity index (χ4n) is 6.25. The molecule has 1 atom stereocenters. The zero-order valence-corrected chi connectivity index (χ0v) is 26.3. The Morgan fingerprint density at radius 3 is 1.66 bits per heavy atom. The van der Waals surface area contributed by atoms with Gasteiger partial charge in [0.1, 0.15) is 0 Å². The molecule has 4 heteroatoms. The Labute approximate surface area is 228 Å². The molecule has 0 aromatic carbocycles. The van der Waals surface area contributed by atoms with Crippen LogP contribution in [-0.4, -0.2) is 8.07 Å². The maximum atomic E-state index is 2.61. The van der Waals surface area contributed by atoms with Crippen LogP contribution < -0.4 is 14.9 Å².